The number of halogens is 1. The summed E-state index contributed by atoms with van der Waals surface area (Å²) in [6.45, 7) is 6.70. The molecule has 0 radical (unpaired) electrons. The molecule has 0 amide bonds. The zero-order chi connectivity index (χ0) is 16.6. The second-order valence-corrected chi connectivity index (χ2v) is 8.14. The van der Waals surface area contributed by atoms with Gasteiger partial charge >= 0.3 is 0 Å². The van der Waals surface area contributed by atoms with Gasteiger partial charge in [0.25, 0.3) is 0 Å². The van der Waals surface area contributed by atoms with Crippen LogP contribution in [0.3, 0.4) is 0 Å². The number of benzene rings is 1. The smallest absolute Gasteiger partial charge is 0.162 e. The van der Waals surface area contributed by atoms with Gasteiger partial charge in [-0.2, -0.15) is 0 Å². The van der Waals surface area contributed by atoms with Crippen LogP contribution in [0, 0.1) is 17.2 Å². The van der Waals surface area contributed by atoms with E-state index < -0.39 is 5.82 Å². The van der Waals surface area contributed by atoms with Crippen LogP contribution >= 0.6 is 0 Å². The number of carbonyl (C=O) groups is 1. The number of Topliss-reactive ketones (excluding diaryl/α,β-unsaturated/α-hetero) is 1. The van der Waals surface area contributed by atoms with E-state index in [9.17, 15) is 9.18 Å². The van der Waals surface area contributed by atoms with Crippen molar-refractivity contribution in [3.8, 4) is 5.75 Å². The van der Waals surface area contributed by atoms with E-state index in [4.69, 9.17) is 4.74 Å². The molecular weight excluding hydrogens is 291 g/mol. The van der Waals surface area contributed by atoms with Gasteiger partial charge < -0.3 is 4.74 Å². The lowest BCUT2D eigenvalue weighted by Gasteiger charge is -2.35. The molecule has 2 fully saturated rings. The number of ether oxygens (including phenoxy) is 1. The number of rotatable bonds is 5. The lowest BCUT2D eigenvalue weighted by molar-refractivity contribution is 0.101. The van der Waals surface area contributed by atoms with Gasteiger partial charge in [0.15, 0.2) is 5.78 Å². The van der Waals surface area contributed by atoms with Crippen molar-refractivity contribution in [2.75, 3.05) is 6.61 Å². The summed E-state index contributed by atoms with van der Waals surface area (Å²) in [6.07, 6.45) is 7.09. The molecule has 1 unspecified atom stereocenters. The number of ketones is 1. The fourth-order valence-electron chi connectivity index (χ4n) is 3.88. The Labute approximate surface area is 138 Å². The van der Waals surface area contributed by atoms with Crippen molar-refractivity contribution in [3.05, 3.63) is 29.1 Å². The Kier molecular flexibility index (Phi) is 4.48. The van der Waals surface area contributed by atoms with Gasteiger partial charge in [-0.1, -0.05) is 20.3 Å². The van der Waals surface area contributed by atoms with E-state index in [1.165, 1.54) is 38.7 Å². The fraction of sp³-hybridized carbons (Fsp3) is 0.650. The summed E-state index contributed by atoms with van der Waals surface area (Å²) >= 11 is 0. The largest absolute Gasteiger partial charge is 0.493 e. The normalized spacial score (nSPS) is 23.6. The molecule has 0 bridgehead atoms. The van der Waals surface area contributed by atoms with Gasteiger partial charge in [-0.05, 0) is 67.9 Å². The van der Waals surface area contributed by atoms with Crippen LogP contribution in [-0.4, -0.2) is 12.4 Å². The topological polar surface area (TPSA) is 26.3 Å². The quantitative estimate of drug-likeness (QED) is 0.670. The first-order valence-corrected chi connectivity index (χ1v) is 8.83. The summed E-state index contributed by atoms with van der Waals surface area (Å²) in [5, 5.41) is 0. The summed E-state index contributed by atoms with van der Waals surface area (Å²) in [4.78, 5) is 11.6. The molecule has 23 heavy (non-hydrogen) atoms. The van der Waals surface area contributed by atoms with Crippen LogP contribution in [0.2, 0.25) is 0 Å². The van der Waals surface area contributed by atoms with Gasteiger partial charge in [-0.15, -0.1) is 0 Å². The molecule has 2 nitrogen and oxygen atoms in total. The Morgan fingerprint density at radius 2 is 2.04 bits per heavy atom. The molecule has 3 heteroatoms. The molecule has 1 aromatic rings. The highest BCUT2D eigenvalue weighted by atomic mass is 19.1. The zero-order valence-corrected chi connectivity index (χ0v) is 14.5. The van der Waals surface area contributed by atoms with E-state index in [1.807, 2.05) is 0 Å². The third-order valence-electron chi connectivity index (χ3n) is 5.28. The van der Waals surface area contributed by atoms with Gasteiger partial charge in [0.05, 0.1) is 12.2 Å². The Morgan fingerprint density at radius 1 is 1.30 bits per heavy atom. The highest BCUT2D eigenvalue weighted by Crippen LogP contribution is 2.45. The predicted octanol–water partition coefficient (Wildman–Crippen LogP) is 5.50. The maximum Gasteiger partial charge on any atom is 0.162 e. The number of carbonyl (C=O) groups excluding carboxylic acids is 1. The Hall–Kier alpha value is -1.38. The van der Waals surface area contributed by atoms with Crippen LogP contribution in [0.15, 0.2) is 12.1 Å². The highest BCUT2D eigenvalue weighted by Gasteiger charge is 2.31. The highest BCUT2D eigenvalue weighted by molar-refractivity contribution is 5.94. The predicted molar refractivity (Wildman–Crippen MR) is 89.6 cm³/mol. The summed E-state index contributed by atoms with van der Waals surface area (Å²) in [5.74, 6) is 0.956. The molecule has 2 aliphatic carbocycles. The van der Waals surface area contributed by atoms with Crippen molar-refractivity contribution in [2.45, 2.75) is 65.2 Å². The number of hydrogen-bond acceptors (Lipinski definition) is 2. The van der Waals surface area contributed by atoms with E-state index in [1.54, 1.807) is 6.07 Å². The summed E-state index contributed by atoms with van der Waals surface area (Å²) in [7, 11) is 0. The first-order valence-electron chi connectivity index (χ1n) is 8.83. The van der Waals surface area contributed by atoms with Crippen LogP contribution < -0.4 is 4.74 Å². The molecule has 1 aromatic carbocycles. The van der Waals surface area contributed by atoms with E-state index in [-0.39, 0.29) is 11.3 Å². The van der Waals surface area contributed by atoms with E-state index >= 15 is 0 Å². The SMILES string of the molecule is CC(=O)c1cc(C2CC2)c(OCC2CCCC(C)(C)C2)cc1F. The third kappa shape index (κ3) is 3.94. The molecule has 0 saturated heterocycles. The molecule has 0 aromatic heterocycles. The van der Waals surface area contributed by atoms with Gasteiger partial charge in [-0.3, -0.25) is 4.79 Å². The van der Waals surface area contributed by atoms with E-state index in [0.717, 1.165) is 18.4 Å². The van der Waals surface area contributed by atoms with Crippen LogP contribution in [0.25, 0.3) is 0 Å². The molecule has 1 atom stereocenters. The summed E-state index contributed by atoms with van der Waals surface area (Å²) in [5.41, 5.74) is 1.60. The Morgan fingerprint density at radius 3 is 2.65 bits per heavy atom. The maximum absolute atomic E-state index is 14.2. The zero-order valence-electron chi connectivity index (χ0n) is 14.5. The molecule has 0 heterocycles. The minimum absolute atomic E-state index is 0.193. The average molecular weight is 318 g/mol. The Bertz CT molecular complexity index is 602. The van der Waals surface area contributed by atoms with Gasteiger partial charge in [0.2, 0.25) is 0 Å². The summed E-state index contributed by atoms with van der Waals surface area (Å²) < 4.78 is 20.2. The van der Waals surface area contributed by atoms with E-state index in [2.05, 4.69) is 13.8 Å². The number of hydrogen-bond donors (Lipinski definition) is 0. The van der Waals surface area contributed by atoms with Crippen molar-refractivity contribution in [1.29, 1.82) is 0 Å². The van der Waals surface area contributed by atoms with Crippen LogP contribution in [0.5, 0.6) is 5.75 Å². The minimum atomic E-state index is -0.458. The minimum Gasteiger partial charge on any atom is -0.493 e. The van der Waals surface area contributed by atoms with E-state index in [0.29, 0.717) is 29.6 Å². The lowest BCUT2D eigenvalue weighted by Crippen LogP contribution is -2.26. The molecule has 2 saturated carbocycles. The third-order valence-corrected chi connectivity index (χ3v) is 5.28. The second kappa shape index (κ2) is 6.26. The molecule has 126 valence electrons. The van der Waals surface area contributed by atoms with Crippen LogP contribution in [0.4, 0.5) is 4.39 Å². The van der Waals surface area contributed by atoms with Crippen molar-refractivity contribution in [1.82, 2.24) is 0 Å². The van der Waals surface area contributed by atoms with Gasteiger partial charge in [0, 0.05) is 6.07 Å². The van der Waals surface area contributed by atoms with Crippen LogP contribution in [0.1, 0.15) is 81.1 Å². The standard InChI is InChI=1S/C20H27FO2/c1-13(22)16-9-17(15-6-7-15)19(10-18(16)21)23-12-14-5-4-8-20(2,3)11-14/h9-10,14-15H,4-8,11-12H2,1-3H3. The molecule has 0 aliphatic heterocycles. The molecule has 0 spiro atoms. The summed E-state index contributed by atoms with van der Waals surface area (Å²) in [6, 6.07) is 3.15. The van der Waals surface area contributed by atoms with Crippen LogP contribution in [-0.2, 0) is 0 Å². The van der Waals surface area contributed by atoms with Gasteiger partial charge in [-0.25, -0.2) is 4.39 Å². The Balaban J connectivity index is 1.74. The van der Waals surface area contributed by atoms with Gasteiger partial charge in [0.1, 0.15) is 11.6 Å². The van der Waals surface area contributed by atoms with Crippen molar-refractivity contribution >= 4 is 5.78 Å². The molecule has 0 N–H and O–H groups in total. The first-order chi connectivity index (χ1) is 10.9. The van der Waals surface area contributed by atoms with Crippen molar-refractivity contribution in [2.24, 2.45) is 11.3 Å². The molecule has 2 aliphatic rings. The first kappa shape index (κ1) is 16.5. The fourth-order valence-corrected chi connectivity index (χ4v) is 3.88. The lowest BCUT2D eigenvalue weighted by atomic mass is 9.72. The molecule has 3 rings (SSSR count). The molecular formula is C20H27FO2. The maximum atomic E-state index is 14.2. The second-order valence-electron chi connectivity index (χ2n) is 8.14. The monoisotopic (exact) mass is 318 g/mol. The van der Waals surface area contributed by atoms with Crippen molar-refractivity contribution in [3.63, 3.8) is 0 Å². The average Bonchev–Trinajstić information content (AvgIpc) is 3.28. The van der Waals surface area contributed by atoms with Crippen molar-refractivity contribution < 1.29 is 13.9 Å².